The lowest BCUT2D eigenvalue weighted by Gasteiger charge is -2.12. The van der Waals surface area contributed by atoms with Gasteiger partial charge in [0.05, 0.1) is 10.4 Å². The van der Waals surface area contributed by atoms with Crippen LogP contribution in [-0.2, 0) is 0 Å². The summed E-state index contributed by atoms with van der Waals surface area (Å²) in [6.45, 7) is 0.672. The second-order valence-electron chi connectivity index (χ2n) is 5.31. The van der Waals surface area contributed by atoms with E-state index in [0.717, 1.165) is 16.6 Å². The van der Waals surface area contributed by atoms with Crippen LogP contribution in [0.2, 0.25) is 0 Å². The Morgan fingerprint density at radius 2 is 2.33 bits per heavy atom. The van der Waals surface area contributed by atoms with Crippen LogP contribution in [0.3, 0.4) is 0 Å². The monoisotopic (exact) mass is 301 g/mol. The van der Waals surface area contributed by atoms with Crippen molar-refractivity contribution in [3.63, 3.8) is 0 Å². The fourth-order valence-corrected chi connectivity index (χ4v) is 3.66. The molecule has 0 aromatic carbocycles. The summed E-state index contributed by atoms with van der Waals surface area (Å²) in [5, 5.41) is 2.97. The molecule has 3 N–H and O–H groups in total. The average Bonchev–Trinajstić information content (AvgIpc) is 2.86. The van der Waals surface area contributed by atoms with Crippen molar-refractivity contribution in [2.75, 3.05) is 12.3 Å². The number of rotatable bonds is 4. The third kappa shape index (κ3) is 3.08. The second kappa shape index (κ2) is 6.26. The Labute approximate surface area is 128 Å². The van der Waals surface area contributed by atoms with Crippen LogP contribution in [0.5, 0.6) is 0 Å². The van der Waals surface area contributed by atoms with Crippen LogP contribution in [0.15, 0.2) is 30.0 Å². The SMILES string of the molecule is Nc1c(C(=O)NCCC2=CCCCC2)sc2cccnc12. The smallest absolute Gasteiger partial charge is 0.263 e. The molecule has 0 atom stereocenters. The van der Waals surface area contributed by atoms with Gasteiger partial charge in [-0.1, -0.05) is 11.6 Å². The highest BCUT2D eigenvalue weighted by atomic mass is 32.1. The molecular weight excluding hydrogens is 282 g/mol. The van der Waals surface area contributed by atoms with Gasteiger partial charge in [-0.3, -0.25) is 9.78 Å². The molecule has 0 saturated heterocycles. The first-order valence-electron chi connectivity index (χ1n) is 7.35. The van der Waals surface area contributed by atoms with Gasteiger partial charge in [-0.05, 0) is 44.2 Å². The summed E-state index contributed by atoms with van der Waals surface area (Å²) in [5.41, 5.74) is 8.71. The normalized spacial score (nSPS) is 15.0. The maximum atomic E-state index is 12.2. The predicted molar refractivity (Wildman–Crippen MR) is 87.5 cm³/mol. The molecule has 0 bridgehead atoms. The van der Waals surface area contributed by atoms with Gasteiger partial charge in [0.1, 0.15) is 10.4 Å². The van der Waals surface area contributed by atoms with Gasteiger partial charge in [-0.2, -0.15) is 0 Å². The molecule has 0 spiro atoms. The third-order valence-corrected chi connectivity index (χ3v) is 4.96. The van der Waals surface area contributed by atoms with Crippen LogP contribution >= 0.6 is 11.3 Å². The van der Waals surface area contributed by atoms with E-state index in [1.165, 1.54) is 42.6 Å². The number of allylic oxidation sites excluding steroid dienone is 1. The number of nitrogen functional groups attached to an aromatic ring is 1. The van der Waals surface area contributed by atoms with Gasteiger partial charge in [0, 0.05) is 12.7 Å². The maximum absolute atomic E-state index is 12.2. The van der Waals surface area contributed by atoms with Crippen molar-refractivity contribution in [2.24, 2.45) is 0 Å². The Morgan fingerprint density at radius 3 is 3.10 bits per heavy atom. The Kier molecular flexibility index (Phi) is 4.20. The molecule has 2 heterocycles. The third-order valence-electron chi connectivity index (χ3n) is 3.81. The zero-order valence-corrected chi connectivity index (χ0v) is 12.7. The summed E-state index contributed by atoms with van der Waals surface area (Å²) in [5.74, 6) is -0.0908. The first kappa shape index (κ1) is 14.1. The predicted octanol–water partition coefficient (Wildman–Crippen LogP) is 3.50. The fourth-order valence-electron chi connectivity index (χ4n) is 2.66. The van der Waals surface area contributed by atoms with Gasteiger partial charge >= 0.3 is 0 Å². The van der Waals surface area contributed by atoms with Crippen LogP contribution in [0.4, 0.5) is 5.69 Å². The van der Waals surface area contributed by atoms with Crippen molar-refractivity contribution in [2.45, 2.75) is 32.1 Å². The Bertz CT molecular complexity index is 690. The number of hydrogen-bond acceptors (Lipinski definition) is 4. The fraction of sp³-hybridized carbons (Fsp3) is 0.375. The summed E-state index contributed by atoms with van der Waals surface area (Å²) in [6, 6.07) is 3.79. The van der Waals surface area contributed by atoms with E-state index in [2.05, 4.69) is 16.4 Å². The number of hydrogen-bond donors (Lipinski definition) is 2. The molecule has 110 valence electrons. The Hall–Kier alpha value is -1.88. The van der Waals surface area contributed by atoms with E-state index in [-0.39, 0.29) is 5.91 Å². The van der Waals surface area contributed by atoms with Gasteiger partial charge in [-0.15, -0.1) is 11.3 Å². The number of carbonyl (C=O) groups excluding carboxylic acids is 1. The Morgan fingerprint density at radius 1 is 1.43 bits per heavy atom. The molecule has 4 nitrogen and oxygen atoms in total. The highest BCUT2D eigenvalue weighted by molar-refractivity contribution is 7.21. The molecule has 1 aliphatic rings. The van der Waals surface area contributed by atoms with Gasteiger partial charge in [0.25, 0.3) is 5.91 Å². The van der Waals surface area contributed by atoms with E-state index >= 15 is 0 Å². The molecular formula is C16H19N3OS. The van der Waals surface area contributed by atoms with Crippen molar-refractivity contribution in [1.82, 2.24) is 10.3 Å². The lowest BCUT2D eigenvalue weighted by molar-refractivity contribution is 0.0959. The number of aromatic nitrogens is 1. The largest absolute Gasteiger partial charge is 0.396 e. The Balaban J connectivity index is 1.64. The van der Waals surface area contributed by atoms with Crippen LogP contribution < -0.4 is 11.1 Å². The highest BCUT2D eigenvalue weighted by Crippen LogP contribution is 2.31. The number of fused-ring (bicyclic) bond motifs is 1. The lowest BCUT2D eigenvalue weighted by Crippen LogP contribution is -2.24. The number of anilines is 1. The van der Waals surface area contributed by atoms with Crippen LogP contribution in [0, 0.1) is 0 Å². The summed E-state index contributed by atoms with van der Waals surface area (Å²) in [6.07, 6.45) is 9.86. The van der Waals surface area contributed by atoms with Crippen LogP contribution in [0.1, 0.15) is 41.8 Å². The zero-order valence-electron chi connectivity index (χ0n) is 11.9. The van der Waals surface area contributed by atoms with Crippen molar-refractivity contribution < 1.29 is 4.79 Å². The quantitative estimate of drug-likeness (QED) is 0.849. The zero-order chi connectivity index (χ0) is 14.7. The van der Waals surface area contributed by atoms with Crippen LogP contribution in [0.25, 0.3) is 10.2 Å². The first-order chi connectivity index (χ1) is 10.3. The van der Waals surface area contributed by atoms with Crippen molar-refractivity contribution in [3.05, 3.63) is 34.9 Å². The minimum Gasteiger partial charge on any atom is -0.396 e. The topological polar surface area (TPSA) is 68.0 Å². The van der Waals surface area contributed by atoms with E-state index in [1.54, 1.807) is 6.20 Å². The number of carbonyl (C=O) groups is 1. The average molecular weight is 301 g/mol. The molecule has 1 amide bonds. The van der Waals surface area contributed by atoms with E-state index in [9.17, 15) is 4.79 Å². The van der Waals surface area contributed by atoms with Gasteiger partial charge in [0.15, 0.2) is 0 Å². The molecule has 3 rings (SSSR count). The van der Waals surface area contributed by atoms with E-state index in [1.807, 2.05) is 12.1 Å². The number of nitrogens with one attached hydrogen (secondary N) is 1. The molecule has 21 heavy (non-hydrogen) atoms. The van der Waals surface area contributed by atoms with Crippen LogP contribution in [-0.4, -0.2) is 17.4 Å². The summed E-state index contributed by atoms with van der Waals surface area (Å²) >= 11 is 1.40. The summed E-state index contributed by atoms with van der Waals surface area (Å²) < 4.78 is 0.954. The molecule has 0 fully saturated rings. The minimum atomic E-state index is -0.0908. The van der Waals surface area contributed by atoms with Crippen molar-refractivity contribution in [1.29, 1.82) is 0 Å². The summed E-state index contributed by atoms with van der Waals surface area (Å²) in [4.78, 5) is 17.1. The molecule has 5 heteroatoms. The summed E-state index contributed by atoms with van der Waals surface area (Å²) in [7, 11) is 0. The molecule has 2 aromatic rings. The maximum Gasteiger partial charge on any atom is 0.263 e. The molecule has 2 aromatic heterocycles. The molecule has 0 unspecified atom stereocenters. The van der Waals surface area contributed by atoms with Crippen molar-refractivity contribution >= 4 is 33.1 Å². The number of nitrogens with two attached hydrogens (primary N) is 1. The van der Waals surface area contributed by atoms with Crippen molar-refractivity contribution in [3.8, 4) is 0 Å². The first-order valence-corrected chi connectivity index (χ1v) is 8.16. The number of amides is 1. The second-order valence-corrected chi connectivity index (χ2v) is 6.36. The molecule has 0 saturated carbocycles. The molecule has 1 aliphatic carbocycles. The standard InChI is InChI=1S/C16H19N3OS/c17-13-14-12(7-4-9-18-14)21-15(13)16(20)19-10-8-11-5-2-1-3-6-11/h4-5,7,9H,1-3,6,8,10,17H2,(H,19,20). The highest BCUT2D eigenvalue weighted by Gasteiger charge is 2.16. The number of thiophene rings is 1. The van der Waals surface area contributed by atoms with E-state index < -0.39 is 0 Å². The minimum absolute atomic E-state index is 0.0908. The van der Waals surface area contributed by atoms with E-state index in [0.29, 0.717) is 17.1 Å². The molecule has 0 radical (unpaired) electrons. The number of nitrogens with zero attached hydrogens (tertiary/aromatic N) is 1. The number of pyridine rings is 1. The lowest BCUT2D eigenvalue weighted by atomic mass is 9.97. The van der Waals surface area contributed by atoms with Gasteiger partial charge in [-0.25, -0.2) is 0 Å². The van der Waals surface area contributed by atoms with Gasteiger partial charge in [0.2, 0.25) is 0 Å². The van der Waals surface area contributed by atoms with E-state index in [4.69, 9.17) is 5.73 Å². The van der Waals surface area contributed by atoms with Gasteiger partial charge < -0.3 is 11.1 Å². The molecule has 0 aliphatic heterocycles.